The van der Waals surface area contributed by atoms with Crippen LogP contribution in [0.1, 0.15) is 10.5 Å². The predicted molar refractivity (Wildman–Crippen MR) is 71.2 cm³/mol. The van der Waals surface area contributed by atoms with Crippen LogP contribution in [0.5, 0.6) is 0 Å². The maximum atomic E-state index is 13.0. The van der Waals surface area contributed by atoms with E-state index in [1.807, 2.05) is 0 Å². The Kier molecular flexibility index (Phi) is 3.72. The number of amides is 1. The third-order valence-electron chi connectivity index (χ3n) is 2.29. The maximum absolute atomic E-state index is 13.0. The second kappa shape index (κ2) is 5.14. The van der Waals surface area contributed by atoms with Crippen molar-refractivity contribution in [3.63, 3.8) is 0 Å². The zero-order valence-electron chi connectivity index (χ0n) is 9.35. The molecule has 1 aromatic heterocycles. The Bertz CT molecular complexity index is 727. The molecule has 1 heterocycles. The molecule has 0 unspecified atom stereocenters. The average molecular weight is 347 g/mol. The molecule has 2 N–H and O–H groups in total. The molecule has 0 aliphatic rings. The molecular weight excluding hydrogens is 339 g/mol. The van der Waals surface area contributed by atoms with E-state index in [1.165, 1.54) is 24.3 Å². The second-order valence-electron chi connectivity index (χ2n) is 3.62. The molecule has 0 aliphatic heterocycles. The van der Waals surface area contributed by atoms with Crippen molar-refractivity contribution in [2.24, 2.45) is 0 Å². The summed E-state index contributed by atoms with van der Waals surface area (Å²) in [6.07, 6.45) is 1.55. The van der Waals surface area contributed by atoms with E-state index in [1.54, 1.807) is 6.20 Å². The fourth-order valence-electron chi connectivity index (χ4n) is 1.47. The smallest absolute Gasteiger partial charge is 0.334 e. The first-order chi connectivity index (χ1) is 8.88. The number of hydrogen-bond donors (Lipinski definition) is 2. The van der Waals surface area contributed by atoms with E-state index >= 15 is 0 Å². The largest absolute Gasteiger partial charge is 0.356 e. The highest BCUT2D eigenvalue weighted by Gasteiger charge is 2.19. The van der Waals surface area contributed by atoms with Gasteiger partial charge in [-0.05, 0) is 34.1 Å². The zero-order valence-corrected chi connectivity index (χ0v) is 11.8. The van der Waals surface area contributed by atoms with Crippen molar-refractivity contribution in [2.45, 2.75) is 4.90 Å². The summed E-state index contributed by atoms with van der Waals surface area (Å²) < 4.78 is 35.6. The summed E-state index contributed by atoms with van der Waals surface area (Å²) in [4.78, 5) is 13.9. The summed E-state index contributed by atoms with van der Waals surface area (Å²) >= 11 is 3.16. The number of hydrogen-bond acceptors (Lipinski definition) is 3. The van der Waals surface area contributed by atoms with Crippen LogP contribution in [0.4, 0.5) is 9.57 Å². The number of anilines is 1. The lowest BCUT2D eigenvalue weighted by Crippen LogP contribution is -2.14. The molecule has 0 spiro atoms. The van der Waals surface area contributed by atoms with Gasteiger partial charge in [0, 0.05) is 10.7 Å². The van der Waals surface area contributed by atoms with E-state index in [-0.39, 0.29) is 11.4 Å². The topological polar surface area (TPSA) is 79.0 Å². The van der Waals surface area contributed by atoms with Crippen molar-refractivity contribution in [1.29, 1.82) is 0 Å². The van der Waals surface area contributed by atoms with E-state index in [0.717, 1.165) is 6.07 Å². The first-order valence-electron chi connectivity index (χ1n) is 5.07. The highest BCUT2D eigenvalue weighted by atomic mass is 79.9. The van der Waals surface area contributed by atoms with Crippen LogP contribution < -0.4 is 5.32 Å². The van der Waals surface area contributed by atoms with Gasteiger partial charge in [0.15, 0.2) is 0 Å². The van der Waals surface area contributed by atoms with Gasteiger partial charge in [0.25, 0.3) is 5.91 Å². The molecule has 5 nitrogen and oxygen atoms in total. The van der Waals surface area contributed by atoms with Crippen LogP contribution in [-0.4, -0.2) is 19.3 Å². The Labute approximate surface area is 117 Å². The molecule has 0 atom stereocenters. The van der Waals surface area contributed by atoms with Crippen LogP contribution in [-0.2, 0) is 10.2 Å². The molecule has 8 heteroatoms. The molecule has 0 fully saturated rings. The van der Waals surface area contributed by atoms with Gasteiger partial charge in [0.1, 0.15) is 10.6 Å². The van der Waals surface area contributed by atoms with E-state index in [0.29, 0.717) is 4.47 Å². The van der Waals surface area contributed by atoms with Gasteiger partial charge in [-0.2, -0.15) is 8.42 Å². The number of carbonyl (C=O) groups excluding carboxylic acids is 1. The lowest BCUT2D eigenvalue weighted by atomic mass is 10.3. The molecule has 0 saturated heterocycles. The highest BCUT2D eigenvalue weighted by molar-refractivity contribution is 9.10. The molecule has 2 aromatic rings. The standard InChI is InChI=1S/C11H8BrFN2O3S/c12-7-5-9(14-6-7)11(16)15-8-3-1-2-4-10(8)19(13,17)18/h1-6,14H,(H,15,16). The summed E-state index contributed by atoms with van der Waals surface area (Å²) in [5.41, 5.74) is 0.110. The van der Waals surface area contributed by atoms with Gasteiger partial charge in [0.05, 0.1) is 5.69 Å². The van der Waals surface area contributed by atoms with Gasteiger partial charge in [-0.15, -0.1) is 3.89 Å². The van der Waals surface area contributed by atoms with E-state index in [9.17, 15) is 17.1 Å². The van der Waals surface area contributed by atoms with Gasteiger partial charge in [0.2, 0.25) is 0 Å². The van der Waals surface area contributed by atoms with Gasteiger partial charge < -0.3 is 10.3 Å². The molecule has 0 saturated carbocycles. The number of benzene rings is 1. The van der Waals surface area contributed by atoms with Gasteiger partial charge in [-0.3, -0.25) is 4.79 Å². The van der Waals surface area contributed by atoms with Crippen molar-refractivity contribution < 1.29 is 17.1 Å². The number of halogens is 2. The van der Waals surface area contributed by atoms with Crippen LogP contribution in [0.15, 0.2) is 45.9 Å². The Hall–Kier alpha value is -1.67. The summed E-state index contributed by atoms with van der Waals surface area (Å²) in [7, 11) is -4.89. The van der Waals surface area contributed by atoms with Gasteiger partial charge >= 0.3 is 10.2 Å². The summed E-state index contributed by atoms with van der Waals surface area (Å²) in [6.45, 7) is 0. The minimum absolute atomic E-state index is 0.110. The fraction of sp³-hybridized carbons (Fsp3) is 0. The molecule has 0 radical (unpaired) electrons. The van der Waals surface area contributed by atoms with Crippen LogP contribution in [0.25, 0.3) is 0 Å². The van der Waals surface area contributed by atoms with Crippen molar-refractivity contribution in [1.82, 2.24) is 4.98 Å². The van der Waals surface area contributed by atoms with Crippen molar-refractivity contribution in [2.75, 3.05) is 5.32 Å². The van der Waals surface area contributed by atoms with Crippen LogP contribution >= 0.6 is 15.9 Å². The first kappa shape index (κ1) is 13.8. The summed E-state index contributed by atoms with van der Waals surface area (Å²) in [6, 6.07) is 6.77. The Morgan fingerprint density at radius 2 is 2.00 bits per heavy atom. The monoisotopic (exact) mass is 346 g/mol. The third-order valence-corrected chi connectivity index (χ3v) is 3.63. The lowest BCUT2D eigenvalue weighted by Gasteiger charge is -2.07. The quantitative estimate of drug-likeness (QED) is 0.838. The Balaban J connectivity index is 2.32. The Morgan fingerprint density at radius 1 is 1.32 bits per heavy atom. The third kappa shape index (κ3) is 3.21. The van der Waals surface area contributed by atoms with Gasteiger partial charge in [-0.1, -0.05) is 12.1 Å². The molecule has 2 rings (SSSR count). The predicted octanol–water partition coefficient (Wildman–Crippen LogP) is 2.69. The fourth-order valence-corrected chi connectivity index (χ4v) is 2.44. The molecular formula is C11H8BrFN2O3S. The van der Waals surface area contributed by atoms with Crippen LogP contribution in [0.3, 0.4) is 0 Å². The summed E-state index contributed by atoms with van der Waals surface area (Å²) in [5.74, 6) is -0.568. The van der Waals surface area contributed by atoms with Crippen molar-refractivity contribution in [3.8, 4) is 0 Å². The molecule has 19 heavy (non-hydrogen) atoms. The van der Waals surface area contributed by atoms with E-state index in [4.69, 9.17) is 0 Å². The first-order valence-corrected chi connectivity index (χ1v) is 7.24. The maximum Gasteiger partial charge on any atom is 0.334 e. The number of H-pyrrole nitrogens is 1. The molecule has 1 amide bonds. The SMILES string of the molecule is O=C(Nc1ccccc1S(=O)(=O)F)c1cc(Br)c[nH]1. The number of rotatable bonds is 3. The van der Waals surface area contributed by atoms with E-state index in [2.05, 4.69) is 26.2 Å². The number of aromatic amines is 1. The Morgan fingerprint density at radius 3 is 2.58 bits per heavy atom. The molecule has 0 aliphatic carbocycles. The number of aromatic nitrogens is 1. The minimum Gasteiger partial charge on any atom is -0.356 e. The number of para-hydroxylation sites is 1. The lowest BCUT2D eigenvalue weighted by molar-refractivity contribution is 0.102. The molecule has 0 bridgehead atoms. The highest BCUT2D eigenvalue weighted by Crippen LogP contribution is 2.23. The van der Waals surface area contributed by atoms with Gasteiger partial charge in [-0.25, -0.2) is 0 Å². The van der Waals surface area contributed by atoms with Crippen molar-refractivity contribution in [3.05, 3.63) is 46.7 Å². The molecule has 100 valence electrons. The van der Waals surface area contributed by atoms with Crippen LogP contribution in [0.2, 0.25) is 0 Å². The minimum atomic E-state index is -4.89. The zero-order chi connectivity index (χ0) is 14.0. The number of carbonyl (C=O) groups is 1. The second-order valence-corrected chi connectivity index (χ2v) is 5.85. The normalized spacial score (nSPS) is 11.3. The van der Waals surface area contributed by atoms with Crippen molar-refractivity contribution >= 4 is 37.7 Å². The average Bonchev–Trinajstić information content (AvgIpc) is 2.75. The number of nitrogens with one attached hydrogen (secondary N) is 2. The summed E-state index contributed by atoms with van der Waals surface area (Å²) in [5, 5.41) is 2.34. The molecule has 1 aromatic carbocycles. The van der Waals surface area contributed by atoms with E-state index < -0.39 is 21.0 Å². The van der Waals surface area contributed by atoms with Crippen LogP contribution in [0, 0.1) is 0 Å².